The van der Waals surface area contributed by atoms with E-state index in [1.165, 1.54) is 6.08 Å². The van der Waals surface area contributed by atoms with Crippen molar-refractivity contribution in [2.45, 2.75) is 20.1 Å². The highest BCUT2D eigenvalue weighted by molar-refractivity contribution is 14.1. The lowest BCUT2D eigenvalue weighted by Crippen LogP contribution is -2.13. The van der Waals surface area contributed by atoms with Crippen molar-refractivity contribution in [3.05, 3.63) is 121 Å². The summed E-state index contributed by atoms with van der Waals surface area (Å²) >= 11 is 14.0. The highest BCUT2D eigenvalue weighted by Crippen LogP contribution is 2.35. The molecule has 0 saturated carbocycles. The second kappa shape index (κ2) is 14.8. The number of benzene rings is 4. The standard InChI is InChI=1S/C32H25Cl2IN2O4/c1-2-39-30-17-23(16-29(35)31(30)41-20-22-5-9-26(34)10-6-22)15-24(18-36)32(38)37-27-11-13-28(14-12-27)40-19-21-3-7-25(33)8-4-21/h3-17H,2,19-20H2,1H3,(H,37,38)/b24-15+. The first-order chi connectivity index (χ1) is 19.8. The summed E-state index contributed by atoms with van der Waals surface area (Å²) in [5.41, 5.74) is 3.06. The molecule has 0 aromatic heterocycles. The third-order valence-electron chi connectivity index (χ3n) is 5.74. The molecule has 0 aliphatic heterocycles. The molecule has 0 aliphatic rings. The van der Waals surface area contributed by atoms with E-state index in [0.717, 1.165) is 14.7 Å². The smallest absolute Gasteiger partial charge is 0.266 e. The fourth-order valence-electron chi connectivity index (χ4n) is 3.71. The zero-order valence-electron chi connectivity index (χ0n) is 22.0. The zero-order valence-corrected chi connectivity index (χ0v) is 25.7. The third kappa shape index (κ3) is 8.89. The fourth-order valence-corrected chi connectivity index (χ4v) is 4.74. The Morgan fingerprint density at radius 1 is 0.878 bits per heavy atom. The van der Waals surface area contributed by atoms with E-state index in [1.807, 2.05) is 67.6 Å². The van der Waals surface area contributed by atoms with Gasteiger partial charge in [-0.2, -0.15) is 5.26 Å². The number of carbonyl (C=O) groups excluding carboxylic acids is 1. The number of ether oxygens (including phenoxy) is 3. The molecule has 0 aliphatic carbocycles. The first-order valence-corrected chi connectivity index (χ1v) is 14.4. The molecule has 0 spiro atoms. The molecule has 0 saturated heterocycles. The Morgan fingerprint density at radius 2 is 1.46 bits per heavy atom. The second-order valence-electron chi connectivity index (χ2n) is 8.74. The summed E-state index contributed by atoms with van der Waals surface area (Å²) in [5, 5.41) is 13.8. The van der Waals surface area contributed by atoms with E-state index >= 15 is 0 Å². The van der Waals surface area contributed by atoms with Crippen LogP contribution in [0.1, 0.15) is 23.6 Å². The predicted octanol–water partition coefficient (Wildman–Crippen LogP) is 8.70. The number of hydrogen-bond donors (Lipinski definition) is 1. The molecule has 208 valence electrons. The molecule has 4 rings (SSSR count). The van der Waals surface area contributed by atoms with Crippen molar-refractivity contribution in [3.8, 4) is 23.3 Å². The number of amides is 1. The molecule has 1 N–H and O–H groups in total. The van der Waals surface area contributed by atoms with Gasteiger partial charge in [0, 0.05) is 15.7 Å². The van der Waals surface area contributed by atoms with Crippen LogP contribution in [0.4, 0.5) is 5.69 Å². The number of nitrogens with one attached hydrogen (secondary N) is 1. The minimum Gasteiger partial charge on any atom is -0.490 e. The molecule has 6 nitrogen and oxygen atoms in total. The Morgan fingerprint density at radius 3 is 2.02 bits per heavy atom. The van der Waals surface area contributed by atoms with E-state index in [-0.39, 0.29) is 5.57 Å². The maximum absolute atomic E-state index is 12.9. The van der Waals surface area contributed by atoms with Crippen LogP contribution in [-0.2, 0) is 18.0 Å². The normalized spacial score (nSPS) is 11.0. The Kier molecular flexibility index (Phi) is 10.9. The maximum atomic E-state index is 12.9. The van der Waals surface area contributed by atoms with Gasteiger partial charge in [0.15, 0.2) is 11.5 Å². The number of nitrogens with zero attached hydrogens (tertiary/aromatic N) is 1. The molecule has 1 amide bonds. The largest absolute Gasteiger partial charge is 0.490 e. The van der Waals surface area contributed by atoms with Crippen molar-refractivity contribution in [2.75, 3.05) is 11.9 Å². The number of halogens is 3. The van der Waals surface area contributed by atoms with Crippen LogP contribution in [0.3, 0.4) is 0 Å². The quantitative estimate of drug-likeness (QED) is 0.0963. The van der Waals surface area contributed by atoms with Crippen molar-refractivity contribution in [3.63, 3.8) is 0 Å². The van der Waals surface area contributed by atoms with Crippen LogP contribution in [-0.4, -0.2) is 12.5 Å². The molecule has 0 unspecified atom stereocenters. The Hall–Kier alpha value is -3.71. The Balaban J connectivity index is 1.43. The molecular weight excluding hydrogens is 674 g/mol. The van der Waals surface area contributed by atoms with Crippen molar-refractivity contribution < 1.29 is 19.0 Å². The van der Waals surface area contributed by atoms with Gasteiger partial charge in [-0.05, 0) is 113 Å². The molecule has 9 heteroatoms. The number of rotatable bonds is 11. The van der Waals surface area contributed by atoms with Crippen LogP contribution in [0.15, 0.2) is 90.5 Å². The molecule has 41 heavy (non-hydrogen) atoms. The molecule has 0 bridgehead atoms. The van der Waals surface area contributed by atoms with E-state index < -0.39 is 5.91 Å². The van der Waals surface area contributed by atoms with Crippen molar-refractivity contribution in [1.29, 1.82) is 5.26 Å². The van der Waals surface area contributed by atoms with Gasteiger partial charge >= 0.3 is 0 Å². The molecular formula is C32H25Cl2IN2O4. The van der Waals surface area contributed by atoms with Crippen LogP contribution in [0, 0.1) is 14.9 Å². The molecule has 4 aromatic carbocycles. The minimum absolute atomic E-state index is 0.0545. The van der Waals surface area contributed by atoms with Crippen molar-refractivity contribution >= 4 is 63.5 Å². The Bertz CT molecular complexity index is 1570. The highest BCUT2D eigenvalue weighted by atomic mass is 127. The van der Waals surface area contributed by atoms with Gasteiger partial charge in [0.2, 0.25) is 0 Å². The van der Waals surface area contributed by atoms with Gasteiger partial charge in [-0.1, -0.05) is 47.5 Å². The molecule has 0 atom stereocenters. The number of anilines is 1. The highest BCUT2D eigenvalue weighted by Gasteiger charge is 2.15. The summed E-state index contributed by atoms with van der Waals surface area (Å²) in [4.78, 5) is 12.9. The lowest BCUT2D eigenvalue weighted by atomic mass is 10.1. The SMILES string of the molecule is CCOc1cc(/C=C(\C#N)C(=O)Nc2ccc(OCc3ccc(Cl)cc3)cc2)cc(I)c1OCc1ccc(Cl)cc1. The predicted molar refractivity (Wildman–Crippen MR) is 171 cm³/mol. The third-order valence-corrected chi connectivity index (χ3v) is 7.04. The summed E-state index contributed by atoms with van der Waals surface area (Å²) in [6.07, 6.45) is 1.52. The molecule has 0 radical (unpaired) electrons. The van der Waals surface area contributed by atoms with Crippen LogP contribution >= 0.6 is 45.8 Å². The van der Waals surface area contributed by atoms with Gasteiger partial charge in [-0.25, -0.2) is 0 Å². The van der Waals surface area contributed by atoms with Crippen LogP contribution in [0.2, 0.25) is 10.0 Å². The van der Waals surface area contributed by atoms with Gasteiger partial charge in [-0.15, -0.1) is 0 Å². The van der Waals surface area contributed by atoms with Gasteiger partial charge in [0.25, 0.3) is 5.91 Å². The summed E-state index contributed by atoms with van der Waals surface area (Å²) in [5.74, 6) is 1.22. The molecule has 0 fully saturated rings. The van der Waals surface area contributed by atoms with Crippen LogP contribution in [0.5, 0.6) is 17.2 Å². The van der Waals surface area contributed by atoms with Crippen LogP contribution < -0.4 is 19.5 Å². The van der Waals surface area contributed by atoms with Gasteiger partial charge in [0.05, 0.1) is 10.2 Å². The van der Waals surface area contributed by atoms with E-state index in [4.69, 9.17) is 37.4 Å². The van der Waals surface area contributed by atoms with Crippen LogP contribution in [0.25, 0.3) is 6.08 Å². The van der Waals surface area contributed by atoms with Gasteiger partial charge < -0.3 is 19.5 Å². The van der Waals surface area contributed by atoms with E-state index in [2.05, 4.69) is 27.9 Å². The average Bonchev–Trinajstić information content (AvgIpc) is 2.97. The summed E-state index contributed by atoms with van der Waals surface area (Å²) in [7, 11) is 0. The van der Waals surface area contributed by atoms with Gasteiger partial charge in [-0.3, -0.25) is 4.79 Å². The first-order valence-electron chi connectivity index (χ1n) is 12.6. The maximum Gasteiger partial charge on any atom is 0.266 e. The summed E-state index contributed by atoms with van der Waals surface area (Å²) < 4.78 is 18.4. The molecule has 0 heterocycles. The lowest BCUT2D eigenvalue weighted by molar-refractivity contribution is -0.112. The fraction of sp³-hybridized carbons (Fsp3) is 0.125. The average molecular weight is 699 g/mol. The number of nitriles is 1. The lowest BCUT2D eigenvalue weighted by Gasteiger charge is -2.15. The Labute approximate surface area is 262 Å². The minimum atomic E-state index is -0.529. The van der Waals surface area contributed by atoms with E-state index in [1.54, 1.807) is 30.3 Å². The van der Waals surface area contributed by atoms with Crippen molar-refractivity contribution in [2.24, 2.45) is 0 Å². The number of carbonyl (C=O) groups is 1. The monoisotopic (exact) mass is 698 g/mol. The summed E-state index contributed by atoms with van der Waals surface area (Å²) in [6, 6.07) is 27.3. The topological polar surface area (TPSA) is 80.6 Å². The molecule has 4 aromatic rings. The van der Waals surface area contributed by atoms with E-state index in [0.29, 0.717) is 58.4 Å². The first kappa shape index (κ1) is 30.3. The van der Waals surface area contributed by atoms with Crippen molar-refractivity contribution in [1.82, 2.24) is 0 Å². The van der Waals surface area contributed by atoms with E-state index in [9.17, 15) is 10.1 Å². The summed E-state index contributed by atoms with van der Waals surface area (Å²) in [6.45, 7) is 3.02. The zero-order chi connectivity index (χ0) is 29.2. The number of hydrogen-bond acceptors (Lipinski definition) is 5. The second-order valence-corrected chi connectivity index (χ2v) is 10.8. The van der Waals surface area contributed by atoms with Gasteiger partial charge in [0.1, 0.15) is 30.6 Å².